The van der Waals surface area contributed by atoms with Gasteiger partial charge in [0.1, 0.15) is 5.60 Å². The Labute approximate surface area is 240 Å². The van der Waals surface area contributed by atoms with E-state index < -0.39 is 32.9 Å². The number of benzene rings is 2. The van der Waals surface area contributed by atoms with E-state index in [0.717, 1.165) is 11.1 Å². The molecule has 41 heavy (non-hydrogen) atoms. The van der Waals surface area contributed by atoms with Crippen LogP contribution < -0.4 is 5.32 Å². The van der Waals surface area contributed by atoms with Crippen LogP contribution in [0.4, 0.5) is 5.95 Å². The zero-order valence-electron chi connectivity index (χ0n) is 23.8. The number of hydrogen-bond acceptors (Lipinski definition) is 10. The Kier molecular flexibility index (Phi) is 10.5. The van der Waals surface area contributed by atoms with Gasteiger partial charge in [-0.2, -0.15) is 4.31 Å². The molecule has 0 aliphatic heterocycles. The molecule has 1 aromatic heterocycles. The van der Waals surface area contributed by atoms with Crippen molar-refractivity contribution in [1.29, 1.82) is 0 Å². The fraction of sp³-hybridized carbons (Fsp3) is 0.414. The molecule has 3 aromatic rings. The lowest BCUT2D eigenvalue weighted by Crippen LogP contribution is -2.30. The van der Waals surface area contributed by atoms with E-state index in [9.17, 15) is 28.5 Å². The van der Waals surface area contributed by atoms with E-state index in [4.69, 9.17) is 4.74 Å². The van der Waals surface area contributed by atoms with Gasteiger partial charge in [-0.25, -0.2) is 18.4 Å². The van der Waals surface area contributed by atoms with Crippen LogP contribution in [0.3, 0.4) is 0 Å². The van der Waals surface area contributed by atoms with Crippen LogP contribution in [0.2, 0.25) is 0 Å². The lowest BCUT2D eigenvalue weighted by atomic mass is 10.1. The summed E-state index contributed by atoms with van der Waals surface area (Å²) < 4.78 is 31.7. The number of esters is 1. The van der Waals surface area contributed by atoms with Gasteiger partial charge in [-0.15, -0.1) is 0 Å². The highest BCUT2D eigenvalue weighted by Gasteiger charge is 2.19. The lowest BCUT2D eigenvalue weighted by molar-refractivity contribution is -0.154. The molecule has 222 valence electrons. The maximum Gasteiger partial charge on any atom is 0.306 e. The normalized spacial score (nSPS) is 11.9. The molecular weight excluding hydrogens is 548 g/mol. The number of aromatic nitrogens is 2. The minimum Gasteiger partial charge on any atom is -0.504 e. The summed E-state index contributed by atoms with van der Waals surface area (Å²) in [6, 6.07) is 12.0. The van der Waals surface area contributed by atoms with Gasteiger partial charge in [0, 0.05) is 37.8 Å². The number of phenolic OH excluding ortho intramolecular Hbond substituents is 3. The maximum atomic E-state index is 12.5. The highest BCUT2D eigenvalue weighted by atomic mass is 32.2. The highest BCUT2D eigenvalue weighted by molar-refractivity contribution is 7.88. The van der Waals surface area contributed by atoms with E-state index in [2.05, 4.69) is 15.3 Å². The summed E-state index contributed by atoms with van der Waals surface area (Å²) in [5, 5.41) is 32.0. The van der Waals surface area contributed by atoms with Crippen LogP contribution >= 0.6 is 0 Å². The van der Waals surface area contributed by atoms with Gasteiger partial charge >= 0.3 is 5.97 Å². The third-order valence-electron chi connectivity index (χ3n) is 5.99. The van der Waals surface area contributed by atoms with Gasteiger partial charge in [-0.05, 0) is 75.4 Å². The molecule has 0 aliphatic carbocycles. The number of carbonyl (C=O) groups is 1. The van der Waals surface area contributed by atoms with E-state index in [-0.39, 0.29) is 25.5 Å². The van der Waals surface area contributed by atoms with Gasteiger partial charge in [0.15, 0.2) is 17.2 Å². The predicted molar refractivity (Wildman–Crippen MR) is 156 cm³/mol. The molecule has 4 N–H and O–H groups in total. The standard InChI is InChI=1S/C29H38N4O7S/c1-29(2,3)40-26(36)10-5-6-15-33(41(4,38)39)19-21-8-7-9-22(16-21)23-12-14-31-28(32-23)30-13-11-20-17-24(34)27(37)25(35)18-20/h7-9,12,14,16-18,34-35,37H,5-6,10-11,13,15,19H2,1-4H3,(H,30,31,32). The SMILES string of the molecule is CC(C)(C)OC(=O)CCCCN(Cc1cccc(-c2ccnc(NCCc3cc(O)c(O)c(O)c3)n2)c1)S(C)(=O)=O. The molecule has 0 saturated carbocycles. The van der Waals surface area contributed by atoms with E-state index in [0.29, 0.717) is 43.0 Å². The van der Waals surface area contributed by atoms with E-state index >= 15 is 0 Å². The number of nitrogens with one attached hydrogen (secondary N) is 1. The number of phenols is 3. The van der Waals surface area contributed by atoms with Crippen molar-refractivity contribution in [2.75, 3.05) is 24.7 Å². The Hall–Kier alpha value is -3.90. The van der Waals surface area contributed by atoms with Gasteiger partial charge < -0.3 is 25.4 Å². The lowest BCUT2D eigenvalue weighted by Gasteiger charge is -2.21. The van der Waals surface area contributed by atoms with E-state index in [1.54, 1.807) is 12.3 Å². The molecule has 0 unspecified atom stereocenters. The first-order valence-corrected chi connectivity index (χ1v) is 15.1. The molecule has 0 fully saturated rings. The number of unbranched alkanes of at least 4 members (excludes halogenated alkanes) is 1. The number of carbonyl (C=O) groups excluding carboxylic acids is 1. The third-order valence-corrected chi connectivity index (χ3v) is 7.24. The quantitative estimate of drug-likeness (QED) is 0.130. The van der Waals surface area contributed by atoms with Crippen molar-refractivity contribution in [3.63, 3.8) is 0 Å². The Balaban J connectivity index is 1.61. The molecule has 0 bridgehead atoms. The molecule has 0 amide bonds. The zero-order valence-corrected chi connectivity index (χ0v) is 24.6. The van der Waals surface area contributed by atoms with Crippen LogP contribution in [0.25, 0.3) is 11.3 Å². The van der Waals surface area contributed by atoms with Crippen molar-refractivity contribution in [3.8, 4) is 28.5 Å². The van der Waals surface area contributed by atoms with Crippen LogP contribution in [0, 0.1) is 0 Å². The first-order valence-electron chi connectivity index (χ1n) is 13.3. The molecule has 0 saturated heterocycles. The molecule has 3 rings (SSSR count). The minimum absolute atomic E-state index is 0.182. The van der Waals surface area contributed by atoms with Crippen molar-refractivity contribution >= 4 is 21.9 Å². The minimum atomic E-state index is -3.48. The summed E-state index contributed by atoms with van der Waals surface area (Å²) >= 11 is 0. The smallest absolute Gasteiger partial charge is 0.306 e. The van der Waals surface area contributed by atoms with Gasteiger partial charge in [0.25, 0.3) is 0 Å². The van der Waals surface area contributed by atoms with Crippen LogP contribution in [0.1, 0.15) is 51.2 Å². The van der Waals surface area contributed by atoms with Crippen LogP contribution in [0.5, 0.6) is 17.2 Å². The highest BCUT2D eigenvalue weighted by Crippen LogP contribution is 2.35. The van der Waals surface area contributed by atoms with Crippen molar-refractivity contribution < 1.29 is 33.3 Å². The predicted octanol–water partition coefficient (Wildman–Crippen LogP) is 4.19. The third kappa shape index (κ3) is 10.2. The fourth-order valence-corrected chi connectivity index (χ4v) is 4.92. The average molecular weight is 587 g/mol. The summed E-state index contributed by atoms with van der Waals surface area (Å²) in [5.41, 5.74) is 2.30. The summed E-state index contributed by atoms with van der Waals surface area (Å²) in [4.78, 5) is 20.7. The monoisotopic (exact) mass is 586 g/mol. The largest absolute Gasteiger partial charge is 0.504 e. The number of hydrogen-bond donors (Lipinski definition) is 4. The van der Waals surface area contributed by atoms with E-state index in [1.165, 1.54) is 22.7 Å². The molecule has 0 aliphatic rings. The first kappa shape index (κ1) is 31.6. The summed E-state index contributed by atoms with van der Waals surface area (Å²) in [6.07, 6.45) is 4.50. The van der Waals surface area contributed by atoms with Gasteiger partial charge in [-0.3, -0.25) is 4.79 Å². The first-order chi connectivity index (χ1) is 19.2. The van der Waals surface area contributed by atoms with Crippen molar-refractivity contribution in [2.24, 2.45) is 0 Å². The molecule has 0 radical (unpaired) electrons. The van der Waals surface area contributed by atoms with Gasteiger partial charge in [0.2, 0.25) is 16.0 Å². The molecule has 2 aromatic carbocycles. The van der Waals surface area contributed by atoms with Crippen LogP contribution in [0.15, 0.2) is 48.7 Å². The molecule has 11 nitrogen and oxygen atoms in total. The fourth-order valence-electron chi connectivity index (χ4n) is 4.07. The summed E-state index contributed by atoms with van der Waals surface area (Å²) in [5.74, 6) is -1.27. The topological polar surface area (TPSA) is 162 Å². The van der Waals surface area contributed by atoms with Gasteiger partial charge in [0.05, 0.1) is 11.9 Å². The summed E-state index contributed by atoms with van der Waals surface area (Å²) in [6.45, 7) is 6.30. The molecule has 1 heterocycles. The number of nitrogens with zero attached hydrogens (tertiary/aromatic N) is 3. The second-order valence-electron chi connectivity index (χ2n) is 10.8. The summed E-state index contributed by atoms with van der Waals surface area (Å²) in [7, 11) is -3.48. The van der Waals surface area contributed by atoms with Crippen molar-refractivity contribution in [3.05, 3.63) is 59.8 Å². The molecule has 0 spiro atoms. The maximum absolute atomic E-state index is 12.5. The number of ether oxygens (including phenoxy) is 1. The van der Waals surface area contributed by atoms with E-state index in [1.807, 2.05) is 45.0 Å². The average Bonchev–Trinajstić information content (AvgIpc) is 2.87. The number of rotatable bonds is 13. The Morgan fingerprint density at radius 2 is 1.73 bits per heavy atom. The van der Waals surface area contributed by atoms with Gasteiger partial charge in [-0.1, -0.05) is 18.2 Å². The van der Waals surface area contributed by atoms with Crippen LogP contribution in [-0.4, -0.2) is 68.9 Å². The Morgan fingerprint density at radius 1 is 1.02 bits per heavy atom. The second kappa shape index (κ2) is 13.6. The van der Waals surface area contributed by atoms with Crippen molar-refractivity contribution in [2.45, 2.75) is 58.6 Å². The number of anilines is 1. The molecule has 12 heteroatoms. The number of sulfonamides is 1. The van der Waals surface area contributed by atoms with Crippen LogP contribution in [-0.2, 0) is 32.5 Å². The number of aromatic hydroxyl groups is 3. The Morgan fingerprint density at radius 3 is 2.39 bits per heavy atom. The van der Waals surface area contributed by atoms with Crippen molar-refractivity contribution in [1.82, 2.24) is 14.3 Å². The Bertz CT molecular complexity index is 1430. The zero-order chi connectivity index (χ0) is 30.2. The molecule has 0 atom stereocenters. The second-order valence-corrected chi connectivity index (χ2v) is 12.7. The molecular formula is C29H38N4O7S.